The van der Waals surface area contributed by atoms with Crippen LogP contribution < -0.4 is 5.32 Å². The minimum Gasteiger partial charge on any atom is -0.396 e. The van der Waals surface area contributed by atoms with Crippen LogP contribution in [-0.2, 0) is 17.5 Å². The first-order valence-corrected chi connectivity index (χ1v) is 6.33. The Hall–Kier alpha value is -1.57. The fraction of sp³-hybridized carbons (Fsp3) is 0.667. The first kappa shape index (κ1) is 14.8. The molecule has 20 heavy (non-hydrogen) atoms. The zero-order valence-electron chi connectivity index (χ0n) is 10.8. The van der Waals surface area contributed by atoms with Gasteiger partial charge in [0.15, 0.2) is 5.69 Å². The van der Waals surface area contributed by atoms with Crippen molar-refractivity contribution in [3.05, 3.63) is 18.0 Å². The normalized spacial score (nSPS) is 17.0. The first-order valence-electron chi connectivity index (χ1n) is 6.33. The molecule has 112 valence electrons. The lowest BCUT2D eigenvalue weighted by Crippen LogP contribution is -2.33. The van der Waals surface area contributed by atoms with Gasteiger partial charge in [0.1, 0.15) is 6.54 Å². The first-order chi connectivity index (χ1) is 9.35. The highest BCUT2D eigenvalue weighted by molar-refractivity contribution is 5.75. The second-order valence-corrected chi connectivity index (χ2v) is 5.15. The Morgan fingerprint density at radius 3 is 2.70 bits per heavy atom. The van der Waals surface area contributed by atoms with Gasteiger partial charge in [0.05, 0.1) is 0 Å². The lowest BCUT2D eigenvalue weighted by Gasteiger charge is -2.14. The monoisotopic (exact) mass is 291 g/mol. The van der Waals surface area contributed by atoms with Gasteiger partial charge >= 0.3 is 6.18 Å². The average molecular weight is 291 g/mol. The van der Waals surface area contributed by atoms with E-state index in [4.69, 9.17) is 5.11 Å². The molecule has 8 heteroatoms. The molecule has 2 rings (SSSR count). The summed E-state index contributed by atoms with van der Waals surface area (Å²) in [5.41, 5.74) is -1.03. The Labute approximate surface area is 113 Å². The molecule has 0 aliphatic heterocycles. The van der Waals surface area contributed by atoms with E-state index in [1.54, 1.807) is 0 Å². The van der Waals surface area contributed by atoms with Gasteiger partial charge in [-0.15, -0.1) is 0 Å². The lowest BCUT2D eigenvalue weighted by molar-refractivity contribution is -0.141. The maximum absolute atomic E-state index is 12.3. The van der Waals surface area contributed by atoms with Crippen molar-refractivity contribution in [1.29, 1.82) is 0 Å². The van der Waals surface area contributed by atoms with E-state index in [-0.39, 0.29) is 24.5 Å². The quantitative estimate of drug-likeness (QED) is 0.827. The van der Waals surface area contributed by atoms with Crippen molar-refractivity contribution >= 4 is 5.91 Å². The summed E-state index contributed by atoms with van der Waals surface area (Å²) in [6.07, 6.45) is -0.834. The van der Waals surface area contributed by atoms with E-state index in [1.165, 1.54) is 0 Å². The number of aliphatic hydroxyl groups excluding tert-OH is 1. The third kappa shape index (κ3) is 3.72. The zero-order valence-corrected chi connectivity index (χ0v) is 10.8. The number of amides is 1. The van der Waals surface area contributed by atoms with Crippen molar-refractivity contribution in [2.75, 3.05) is 13.2 Å². The zero-order chi connectivity index (χ0) is 14.8. The number of alkyl halides is 3. The minimum atomic E-state index is -4.50. The SMILES string of the molecule is O=C(Cn1ccc(C(F)(F)F)n1)NCC1(CCO)CC1. The maximum atomic E-state index is 12.3. The number of aliphatic hydroxyl groups is 1. The van der Waals surface area contributed by atoms with Crippen LogP contribution in [0.5, 0.6) is 0 Å². The molecule has 1 aliphatic rings. The van der Waals surface area contributed by atoms with Crippen molar-refractivity contribution in [2.45, 2.75) is 32.0 Å². The number of aromatic nitrogens is 2. The van der Waals surface area contributed by atoms with Crippen molar-refractivity contribution < 1.29 is 23.1 Å². The Morgan fingerprint density at radius 2 is 2.20 bits per heavy atom. The Bertz CT molecular complexity index is 481. The highest BCUT2D eigenvalue weighted by atomic mass is 19.4. The molecular formula is C12H16F3N3O2. The summed E-state index contributed by atoms with van der Waals surface area (Å²) in [5, 5.41) is 14.9. The van der Waals surface area contributed by atoms with Gasteiger partial charge in [-0.3, -0.25) is 9.48 Å². The number of nitrogens with zero attached hydrogens (tertiary/aromatic N) is 2. The van der Waals surface area contributed by atoms with Gasteiger partial charge in [-0.2, -0.15) is 18.3 Å². The summed E-state index contributed by atoms with van der Waals surface area (Å²) in [5.74, 6) is -0.383. The molecule has 0 radical (unpaired) electrons. The molecule has 1 saturated carbocycles. The van der Waals surface area contributed by atoms with Gasteiger partial charge in [-0.05, 0) is 30.7 Å². The van der Waals surface area contributed by atoms with Gasteiger partial charge in [0.25, 0.3) is 0 Å². The van der Waals surface area contributed by atoms with E-state index in [1.807, 2.05) is 0 Å². The number of carbonyl (C=O) groups excluding carboxylic acids is 1. The molecule has 0 saturated heterocycles. The number of nitrogens with one attached hydrogen (secondary N) is 1. The number of hydrogen-bond acceptors (Lipinski definition) is 3. The molecule has 5 nitrogen and oxygen atoms in total. The summed E-state index contributed by atoms with van der Waals surface area (Å²) < 4.78 is 38.0. The maximum Gasteiger partial charge on any atom is 0.435 e. The molecule has 0 unspecified atom stereocenters. The fourth-order valence-corrected chi connectivity index (χ4v) is 2.02. The molecule has 0 bridgehead atoms. The molecule has 1 aromatic rings. The lowest BCUT2D eigenvalue weighted by atomic mass is 10.0. The van der Waals surface area contributed by atoms with Crippen LogP contribution in [0, 0.1) is 5.41 Å². The van der Waals surface area contributed by atoms with Gasteiger partial charge < -0.3 is 10.4 Å². The molecule has 1 fully saturated rings. The van der Waals surface area contributed by atoms with Crippen LogP contribution in [0.1, 0.15) is 25.0 Å². The largest absolute Gasteiger partial charge is 0.435 e. The van der Waals surface area contributed by atoms with E-state index >= 15 is 0 Å². The average Bonchev–Trinajstić information content (AvgIpc) is 2.94. The summed E-state index contributed by atoms with van der Waals surface area (Å²) >= 11 is 0. The van der Waals surface area contributed by atoms with Crippen molar-refractivity contribution in [1.82, 2.24) is 15.1 Å². The second kappa shape index (κ2) is 5.43. The van der Waals surface area contributed by atoms with Crippen LogP contribution in [-0.4, -0.2) is 33.9 Å². The molecule has 0 aromatic carbocycles. The molecule has 1 aliphatic carbocycles. The van der Waals surface area contributed by atoms with Gasteiger partial charge in [-0.25, -0.2) is 0 Å². The topological polar surface area (TPSA) is 67.2 Å². The Morgan fingerprint density at radius 1 is 1.50 bits per heavy atom. The third-order valence-electron chi connectivity index (χ3n) is 3.50. The second-order valence-electron chi connectivity index (χ2n) is 5.15. The number of rotatable bonds is 6. The summed E-state index contributed by atoms with van der Waals surface area (Å²) in [4.78, 5) is 11.6. The van der Waals surface area contributed by atoms with Gasteiger partial charge in [-0.1, -0.05) is 0 Å². The fourth-order valence-electron chi connectivity index (χ4n) is 2.02. The Kier molecular flexibility index (Phi) is 4.03. The number of halogens is 3. The van der Waals surface area contributed by atoms with Crippen LogP contribution in [0.4, 0.5) is 13.2 Å². The standard InChI is InChI=1S/C12H16F3N3O2/c13-12(14,15)9-1-5-18(17-9)7-10(20)16-8-11(2-3-11)4-6-19/h1,5,19H,2-4,6-8H2,(H,16,20). The highest BCUT2D eigenvalue weighted by Gasteiger charge is 2.41. The molecule has 0 spiro atoms. The third-order valence-corrected chi connectivity index (χ3v) is 3.50. The molecule has 1 aromatic heterocycles. The van der Waals surface area contributed by atoms with E-state index in [2.05, 4.69) is 10.4 Å². The summed E-state index contributed by atoms with van der Waals surface area (Å²) in [6.45, 7) is 0.273. The van der Waals surface area contributed by atoms with E-state index < -0.39 is 11.9 Å². The molecule has 1 amide bonds. The molecular weight excluding hydrogens is 275 g/mol. The van der Waals surface area contributed by atoms with Crippen molar-refractivity contribution in [3.63, 3.8) is 0 Å². The van der Waals surface area contributed by atoms with E-state index in [0.717, 1.165) is 29.8 Å². The van der Waals surface area contributed by atoms with Crippen LogP contribution in [0.2, 0.25) is 0 Å². The minimum absolute atomic E-state index is 0.0222. The number of carbonyl (C=O) groups is 1. The van der Waals surface area contributed by atoms with Crippen LogP contribution >= 0.6 is 0 Å². The predicted molar refractivity (Wildman–Crippen MR) is 63.6 cm³/mol. The predicted octanol–water partition coefficient (Wildman–Crippen LogP) is 1.18. The summed E-state index contributed by atoms with van der Waals surface area (Å²) in [7, 11) is 0. The van der Waals surface area contributed by atoms with Crippen molar-refractivity contribution in [3.8, 4) is 0 Å². The molecule has 1 heterocycles. The molecule has 2 N–H and O–H groups in total. The van der Waals surface area contributed by atoms with Crippen molar-refractivity contribution in [2.24, 2.45) is 5.41 Å². The van der Waals surface area contributed by atoms with Crippen LogP contribution in [0.25, 0.3) is 0 Å². The van der Waals surface area contributed by atoms with E-state index in [9.17, 15) is 18.0 Å². The smallest absolute Gasteiger partial charge is 0.396 e. The summed E-state index contributed by atoms with van der Waals surface area (Å²) in [6, 6.07) is 0.835. The highest BCUT2D eigenvalue weighted by Crippen LogP contribution is 2.47. The Balaban J connectivity index is 1.81. The van der Waals surface area contributed by atoms with Gasteiger partial charge in [0, 0.05) is 19.3 Å². The number of hydrogen-bond donors (Lipinski definition) is 2. The van der Waals surface area contributed by atoms with Gasteiger partial charge in [0.2, 0.25) is 5.91 Å². The van der Waals surface area contributed by atoms with E-state index in [0.29, 0.717) is 13.0 Å². The van der Waals surface area contributed by atoms with Crippen LogP contribution in [0.15, 0.2) is 12.3 Å². The molecule has 0 atom stereocenters. The van der Waals surface area contributed by atoms with Crippen LogP contribution in [0.3, 0.4) is 0 Å².